The van der Waals surface area contributed by atoms with Gasteiger partial charge in [0.15, 0.2) is 0 Å². The zero-order chi connectivity index (χ0) is 13.7. The Morgan fingerprint density at radius 3 is 1.74 bits per heavy atom. The van der Waals surface area contributed by atoms with Crippen LogP contribution in [0.2, 0.25) is 0 Å². The summed E-state index contributed by atoms with van der Waals surface area (Å²) >= 11 is 0. The van der Waals surface area contributed by atoms with Crippen molar-refractivity contribution in [3.8, 4) is 0 Å². The molecular formula is C13H31FN3PZr. The predicted octanol–water partition coefficient (Wildman–Crippen LogP) is 4.84. The molecule has 3 nitrogen and oxygen atoms in total. The van der Waals surface area contributed by atoms with Crippen LogP contribution in [0.1, 0.15) is 19.3 Å². The molecular weight excluding hydrogens is 339 g/mol. The van der Waals surface area contributed by atoms with Crippen LogP contribution in [-0.2, 0) is 26.2 Å². The number of hydrogen-bond acceptors (Lipinski definition) is 0. The first-order valence-electron chi connectivity index (χ1n) is 5.98. The van der Waals surface area contributed by atoms with Crippen molar-refractivity contribution < 1.29 is 30.6 Å². The van der Waals surface area contributed by atoms with E-state index >= 15 is 0 Å². The van der Waals surface area contributed by atoms with Crippen molar-refractivity contribution in [2.24, 2.45) is 5.92 Å². The second-order valence-corrected chi connectivity index (χ2v) is 6.22. The van der Waals surface area contributed by atoms with Crippen molar-refractivity contribution in [3.63, 3.8) is 0 Å². The zero-order valence-corrected chi connectivity index (χ0v) is 17.0. The van der Waals surface area contributed by atoms with Gasteiger partial charge in [-0.3, -0.25) is 0 Å². The molecule has 1 rings (SSSR count). The fraction of sp³-hybridized carbons (Fsp3) is 0.923. The van der Waals surface area contributed by atoms with Gasteiger partial charge in [0.05, 0.1) is 0 Å². The fourth-order valence-corrected chi connectivity index (χ4v) is 2.87. The largest absolute Gasteiger partial charge is 4.00 e. The molecule has 0 aromatic carbocycles. The molecule has 1 saturated carbocycles. The molecule has 114 valence electrons. The minimum atomic E-state index is -0.526. The van der Waals surface area contributed by atoms with E-state index in [2.05, 4.69) is 22.4 Å². The number of rotatable bonds is 3. The van der Waals surface area contributed by atoms with Crippen LogP contribution in [0.25, 0.3) is 15.7 Å². The number of alkyl halides is 1. The summed E-state index contributed by atoms with van der Waals surface area (Å²) in [5.41, 5.74) is 0. The van der Waals surface area contributed by atoms with Crippen LogP contribution < -0.4 is 0 Å². The summed E-state index contributed by atoms with van der Waals surface area (Å²) in [6.45, 7) is 2.13. The molecule has 0 bridgehead atoms. The smallest absolute Gasteiger partial charge is 0.668 e. The summed E-state index contributed by atoms with van der Waals surface area (Å²) in [5, 5.41) is 11.2. The second kappa shape index (κ2) is 21.4. The molecule has 0 saturated heterocycles. The summed E-state index contributed by atoms with van der Waals surface area (Å²) < 4.78 is 13.1. The van der Waals surface area contributed by atoms with Crippen LogP contribution in [0.3, 0.4) is 0 Å². The van der Waals surface area contributed by atoms with Crippen molar-refractivity contribution in [2.45, 2.75) is 25.4 Å². The van der Waals surface area contributed by atoms with Gasteiger partial charge in [-0.25, -0.2) is 12.5 Å². The van der Waals surface area contributed by atoms with E-state index in [4.69, 9.17) is 0 Å². The Morgan fingerprint density at radius 1 is 1.05 bits per heavy atom. The Bertz CT molecular complexity index is 154. The Balaban J connectivity index is -0.000000122. The van der Waals surface area contributed by atoms with Crippen LogP contribution in [0, 0.1) is 13.3 Å². The van der Waals surface area contributed by atoms with E-state index in [0.29, 0.717) is 5.92 Å². The maximum Gasteiger partial charge on any atom is 4.00 e. The van der Waals surface area contributed by atoms with Crippen molar-refractivity contribution in [1.29, 1.82) is 0 Å². The molecule has 1 aliphatic carbocycles. The molecule has 1 aliphatic rings. The van der Waals surface area contributed by atoms with E-state index < -0.39 is 6.17 Å². The van der Waals surface area contributed by atoms with Crippen molar-refractivity contribution in [2.75, 3.05) is 48.1 Å². The van der Waals surface area contributed by atoms with Gasteiger partial charge in [-0.2, -0.15) is 35.2 Å². The maximum absolute atomic E-state index is 13.1. The molecule has 3 unspecified atom stereocenters. The molecule has 6 heteroatoms. The average Bonchev–Trinajstić information content (AvgIpc) is 2.66. The average molecular weight is 371 g/mol. The minimum absolute atomic E-state index is 0. The van der Waals surface area contributed by atoms with Gasteiger partial charge in [-0.15, -0.1) is 0 Å². The van der Waals surface area contributed by atoms with E-state index in [1.54, 1.807) is 28.2 Å². The van der Waals surface area contributed by atoms with E-state index in [9.17, 15) is 4.39 Å². The topological polar surface area (TPSA) is 42.3 Å². The Morgan fingerprint density at radius 2 is 1.47 bits per heavy atom. The van der Waals surface area contributed by atoms with Crippen LogP contribution >= 0.6 is 8.07 Å². The molecule has 0 amide bonds. The first kappa shape index (κ1) is 28.3. The Kier molecular flexibility index (Phi) is 31.9. The van der Waals surface area contributed by atoms with Crippen LogP contribution in [-0.4, -0.2) is 54.2 Å². The van der Waals surface area contributed by atoms with E-state index in [0.717, 1.165) is 25.4 Å². The molecule has 0 aromatic heterocycles. The SMILES string of the molecule is C[N-]C.C[N-]C.C[N-]P(C)CC1CCCC1F.[CH3-].[Zr+4]. The number of hydrogen-bond donors (Lipinski definition) is 0. The molecule has 0 spiro atoms. The van der Waals surface area contributed by atoms with Gasteiger partial charge in [0, 0.05) is 0 Å². The summed E-state index contributed by atoms with van der Waals surface area (Å²) in [5.74, 6) is 0.329. The Labute approximate surface area is 141 Å². The summed E-state index contributed by atoms with van der Waals surface area (Å²) in [6, 6.07) is 0. The molecule has 0 heterocycles. The van der Waals surface area contributed by atoms with Crippen molar-refractivity contribution >= 4 is 8.07 Å². The minimum Gasteiger partial charge on any atom is -0.668 e. The molecule has 0 aromatic rings. The van der Waals surface area contributed by atoms with E-state index in [1.165, 1.54) is 0 Å². The maximum atomic E-state index is 13.1. The van der Waals surface area contributed by atoms with Gasteiger partial charge < -0.3 is 23.1 Å². The van der Waals surface area contributed by atoms with Gasteiger partial charge in [-0.1, -0.05) is 13.1 Å². The molecule has 1 fully saturated rings. The van der Waals surface area contributed by atoms with Gasteiger partial charge in [-0.05, 0) is 24.9 Å². The molecule has 0 radical (unpaired) electrons. The fourth-order valence-electron chi connectivity index (χ4n) is 1.62. The number of halogens is 1. The molecule has 0 aliphatic heterocycles. The van der Waals surface area contributed by atoms with Crippen molar-refractivity contribution in [3.05, 3.63) is 23.1 Å². The summed E-state index contributed by atoms with van der Waals surface area (Å²) in [4.78, 5) is 0. The van der Waals surface area contributed by atoms with Crippen LogP contribution in [0.5, 0.6) is 0 Å². The van der Waals surface area contributed by atoms with E-state index in [-0.39, 0.29) is 41.7 Å². The van der Waals surface area contributed by atoms with Gasteiger partial charge >= 0.3 is 26.2 Å². The van der Waals surface area contributed by atoms with Gasteiger partial charge in [0.2, 0.25) is 0 Å². The van der Waals surface area contributed by atoms with Crippen LogP contribution in [0.4, 0.5) is 4.39 Å². The normalized spacial score (nSPS) is 21.6. The van der Waals surface area contributed by atoms with Crippen LogP contribution in [0.15, 0.2) is 0 Å². The van der Waals surface area contributed by atoms with Crippen molar-refractivity contribution in [1.82, 2.24) is 0 Å². The van der Waals surface area contributed by atoms with Gasteiger partial charge in [0.1, 0.15) is 6.17 Å². The van der Waals surface area contributed by atoms with Gasteiger partial charge in [0.25, 0.3) is 0 Å². The third kappa shape index (κ3) is 19.1. The quantitative estimate of drug-likeness (QED) is 0.504. The van der Waals surface area contributed by atoms with E-state index in [1.807, 2.05) is 7.05 Å². The Hall–Kier alpha value is 1.12. The summed E-state index contributed by atoms with van der Waals surface area (Å²) in [7, 11) is 8.61. The third-order valence-corrected chi connectivity index (χ3v) is 4.09. The standard InChI is InChI=1S/C8H16FNP.2C2H6N.CH3.Zr/c1-10-11(2)6-7-4-3-5-8(7)9;2*1-3-2;;/h7-8H,3-6H2,1-2H3;2*1-2H3;1H3;/q4*-1;+4. The molecule has 0 N–H and O–H groups in total. The molecule has 19 heavy (non-hydrogen) atoms. The number of nitrogens with zero attached hydrogens (tertiary/aromatic N) is 3. The third-order valence-electron chi connectivity index (χ3n) is 2.41. The monoisotopic (exact) mass is 369 g/mol. The zero-order valence-electron chi connectivity index (χ0n) is 13.6. The second-order valence-electron chi connectivity index (χ2n) is 4.14. The molecule has 3 atom stereocenters. The summed E-state index contributed by atoms with van der Waals surface area (Å²) in [6.07, 6.45) is 3.44. The first-order chi connectivity index (χ1) is 8.06. The predicted molar refractivity (Wildman–Crippen MR) is 86.1 cm³/mol. The first-order valence-corrected chi connectivity index (χ1v) is 7.90.